The fourth-order valence-electron chi connectivity index (χ4n) is 2.74. The van der Waals surface area contributed by atoms with Gasteiger partial charge in [0.1, 0.15) is 18.0 Å². The van der Waals surface area contributed by atoms with Crippen molar-refractivity contribution in [3.8, 4) is 0 Å². The van der Waals surface area contributed by atoms with E-state index in [0.29, 0.717) is 0 Å². The zero-order valence-corrected chi connectivity index (χ0v) is 15.5. The Morgan fingerprint density at radius 1 is 0.960 bits per heavy atom. The summed E-state index contributed by atoms with van der Waals surface area (Å²) < 4.78 is 19.1. The molecule has 3 nitrogen and oxygen atoms in total. The molecule has 1 unspecified atom stereocenters. The van der Waals surface area contributed by atoms with Gasteiger partial charge in [0.25, 0.3) is 0 Å². The molecule has 0 spiro atoms. The van der Waals surface area contributed by atoms with E-state index in [4.69, 9.17) is 4.74 Å². The maximum Gasteiger partial charge on any atom is 0.323 e. The van der Waals surface area contributed by atoms with Crippen LogP contribution in [0.4, 0.5) is 4.39 Å². The second-order valence-electron chi connectivity index (χ2n) is 6.72. The highest BCUT2D eigenvalue weighted by molar-refractivity contribution is 5.75. The van der Waals surface area contributed by atoms with Crippen molar-refractivity contribution in [2.45, 2.75) is 38.8 Å². The minimum absolute atomic E-state index is 0.153. The zero-order valence-electron chi connectivity index (χ0n) is 15.5. The van der Waals surface area contributed by atoms with Crippen molar-refractivity contribution in [1.29, 1.82) is 0 Å². The maximum atomic E-state index is 13.3. The Balaban J connectivity index is 2.32. The number of hydrogen-bond acceptors (Lipinski definition) is 3. The van der Waals surface area contributed by atoms with Crippen molar-refractivity contribution in [2.75, 3.05) is 14.1 Å². The highest BCUT2D eigenvalue weighted by Crippen LogP contribution is 2.30. The van der Waals surface area contributed by atoms with Gasteiger partial charge in [-0.3, -0.25) is 9.69 Å². The summed E-state index contributed by atoms with van der Waals surface area (Å²) in [7, 11) is 3.68. The Bertz CT molecular complexity index is 649. The number of benzene rings is 2. The second-order valence-corrected chi connectivity index (χ2v) is 6.72. The molecule has 2 aromatic carbocycles. The van der Waals surface area contributed by atoms with Crippen molar-refractivity contribution >= 4 is 5.97 Å². The van der Waals surface area contributed by atoms with Gasteiger partial charge in [0.05, 0.1) is 0 Å². The highest BCUT2D eigenvalue weighted by Gasteiger charge is 2.27. The number of carbonyl (C=O) groups excluding carboxylic acids is 1. The van der Waals surface area contributed by atoms with Gasteiger partial charge in [0.2, 0.25) is 0 Å². The minimum Gasteiger partial charge on any atom is -0.461 e. The van der Waals surface area contributed by atoms with Crippen LogP contribution in [0.2, 0.25) is 0 Å². The number of nitrogens with zero attached hydrogens (tertiary/aromatic N) is 1. The molecule has 0 N–H and O–H groups in total. The summed E-state index contributed by atoms with van der Waals surface area (Å²) in [6.45, 7) is 5.72. The third-order valence-corrected chi connectivity index (χ3v) is 4.55. The van der Waals surface area contributed by atoms with Crippen LogP contribution in [0.15, 0.2) is 48.5 Å². The summed E-state index contributed by atoms with van der Waals surface area (Å²) in [5.74, 6) is -0.700. The minimum atomic E-state index is -0.372. The van der Waals surface area contributed by atoms with Gasteiger partial charge < -0.3 is 4.74 Å². The predicted molar refractivity (Wildman–Crippen MR) is 98.1 cm³/mol. The quantitative estimate of drug-likeness (QED) is 0.738. The standard InChI is InChI=1S/C21H26FNO2/c1-14-6-8-17(9-7-14)20(18-10-12-19(22)13-11-18)16(3)25-21(24)15(2)23(4)5/h6-13,15-16,20H,1-5H3/t15-,16+,20?/m0/s1. The lowest BCUT2D eigenvalue weighted by atomic mass is 9.87. The van der Waals surface area contributed by atoms with Crippen molar-refractivity contribution < 1.29 is 13.9 Å². The van der Waals surface area contributed by atoms with Crippen LogP contribution in [0.1, 0.15) is 36.5 Å². The first kappa shape index (κ1) is 19.1. The molecular weight excluding hydrogens is 317 g/mol. The van der Waals surface area contributed by atoms with Crippen LogP contribution in [0.25, 0.3) is 0 Å². The lowest BCUT2D eigenvalue weighted by Gasteiger charge is -2.27. The molecule has 3 atom stereocenters. The number of aryl methyl sites for hydroxylation is 1. The Kier molecular flexibility index (Phi) is 6.32. The smallest absolute Gasteiger partial charge is 0.323 e. The lowest BCUT2D eigenvalue weighted by Crippen LogP contribution is -2.37. The fraction of sp³-hybridized carbons (Fsp3) is 0.381. The van der Waals surface area contributed by atoms with Crippen LogP contribution in [0.3, 0.4) is 0 Å². The lowest BCUT2D eigenvalue weighted by molar-refractivity contribution is -0.153. The number of carbonyl (C=O) groups is 1. The Labute approximate surface area is 149 Å². The SMILES string of the molecule is Cc1ccc(C(c2ccc(F)cc2)[C@@H](C)OC(=O)[C@H](C)N(C)C)cc1. The van der Waals surface area contributed by atoms with Gasteiger partial charge in [-0.15, -0.1) is 0 Å². The number of rotatable bonds is 6. The third-order valence-electron chi connectivity index (χ3n) is 4.55. The molecule has 0 fully saturated rings. The van der Waals surface area contributed by atoms with Gasteiger partial charge in [-0.2, -0.15) is 0 Å². The monoisotopic (exact) mass is 343 g/mol. The van der Waals surface area contributed by atoms with Gasteiger partial charge in [0, 0.05) is 5.92 Å². The molecule has 0 bridgehead atoms. The van der Waals surface area contributed by atoms with E-state index in [9.17, 15) is 9.18 Å². The van der Waals surface area contributed by atoms with E-state index >= 15 is 0 Å². The zero-order chi connectivity index (χ0) is 18.6. The molecule has 0 aliphatic rings. The molecule has 4 heteroatoms. The highest BCUT2D eigenvalue weighted by atomic mass is 19.1. The molecule has 2 rings (SSSR count). The summed E-state index contributed by atoms with van der Waals surface area (Å²) >= 11 is 0. The molecule has 0 aliphatic heterocycles. The number of hydrogen-bond donors (Lipinski definition) is 0. The Morgan fingerprint density at radius 3 is 1.92 bits per heavy atom. The molecule has 2 aromatic rings. The molecule has 0 radical (unpaired) electrons. The van der Waals surface area contributed by atoms with Crippen molar-refractivity contribution in [1.82, 2.24) is 4.90 Å². The van der Waals surface area contributed by atoms with Gasteiger partial charge in [0.15, 0.2) is 0 Å². The van der Waals surface area contributed by atoms with E-state index < -0.39 is 0 Å². The third kappa shape index (κ3) is 4.89. The van der Waals surface area contributed by atoms with Crippen LogP contribution >= 0.6 is 0 Å². The largest absolute Gasteiger partial charge is 0.461 e. The second kappa shape index (κ2) is 8.26. The van der Waals surface area contributed by atoms with Crippen LogP contribution in [-0.4, -0.2) is 37.1 Å². The summed E-state index contributed by atoms with van der Waals surface area (Å²) in [6.07, 6.45) is -0.372. The first-order chi connectivity index (χ1) is 11.8. The Hall–Kier alpha value is -2.20. The summed E-state index contributed by atoms with van der Waals surface area (Å²) in [4.78, 5) is 14.2. The first-order valence-corrected chi connectivity index (χ1v) is 8.48. The molecule has 0 amide bonds. The van der Waals surface area contributed by atoms with Crippen LogP contribution in [-0.2, 0) is 9.53 Å². The van der Waals surface area contributed by atoms with E-state index in [1.165, 1.54) is 12.1 Å². The summed E-state index contributed by atoms with van der Waals surface area (Å²) in [6, 6.07) is 14.2. The Morgan fingerprint density at radius 2 is 1.44 bits per heavy atom. The molecule has 134 valence electrons. The van der Waals surface area contributed by atoms with Gasteiger partial charge in [-0.1, -0.05) is 42.0 Å². The number of likely N-dealkylation sites (N-methyl/N-ethyl adjacent to an activating group) is 1. The summed E-state index contributed by atoms with van der Waals surface area (Å²) in [5, 5.41) is 0. The average Bonchev–Trinajstić information content (AvgIpc) is 2.57. The molecule has 0 aromatic heterocycles. The molecule has 0 saturated heterocycles. The summed E-state index contributed by atoms with van der Waals surface area (Å²) in [5.41, 5.74) is 3.12. The van der Waals surface area contributed by atoms with E-state index in [1.54, 1.807) is 12.1 Å². The van der Waals surface area contributed by atoms with Crippen LogP contribution in [0.5, 0.6) is 0 Å². The van der Waals surface area contributed by atoms with Crippen LogP contribution < -0.4 is 0 Å². The molecule has 0 heterocycles. The van der Waals surface area contributed by atoms with Crippen molar-refractivity contribution in [2.24, 2.45) is 0 Å². The number of esters is 1. The van der Waals surface area contributed by atoms with E-state index in [1.807, 2.05) is 64.0 Å². The maximum absolute atomic E-state index is 13.3. The van der Waals surface area contributed by atoms with E-state index in [2.05, 4.69) is 0 Å². The molecule has 0 saturated carbocycles. The molecular formula is C21H26FNO2. The van der Waals surface area contributed by atoms with E-state index in [0.717, 1.165) is 16.7 Å². The van der Waals surface area contributed by atoms with Crippen molar-refractivity contribution in [3.05, 3.63) is 71.0 Å². The fourth-order valence-corrected chi connectivity index (χ4v) is 2.74. The number of ether oxygens (including phenoxy) is 1. The molecule has 25 heavy (non-hydrogen) atoms. The van der Waals surface area contributed by atoms with Gasteiger partial charge in [-0.05, 0) is 58.1 Å². The van der Waals surface area contributed by atoms with Crippen molar-refractivity contribution in [3.63, 3.8) is 0 Å². The average molecular weight is 343 g/mol. The van der Waals surface area contributed by atoms with E-state index in [-0.39, 0.29) is 29.9 Å². The normalized spacial score (nSPS) is 14.8. The topological polar surface area (TPSA) is 29.5 Å². The van der Waals surface area contributed by atoms with Gasteiger partial charge in [-0.25, -0.2) is 4.39 Å². The molecule has 0 aliphatic carbocycles. The van der Waals surface area contributed by atoms with Crippen LogP contribution in [0, 0.1) is 12.7 Å². The number of halogens is 1. The predicted octanol–water partition coefficient (Wildman–Crippen LogP) is 4.15. The van der Waals surface area contributed by atoms with Gasteiger partial charge >= 0.3 is 5.97 Å². The first-order valence-electron chi connectivity index (χ1n) is 8.48.